The summed E-state index contributed by atoms with van der Waals surface area (Å²) in [6, 6.07) is 3.59. The molecule has 0 bridgehead atoms. The number of amides is 1. The highest BCUT2D eigenvalue weighted by Crippen LogP contribution is 2.11. The quantitative estimate of drug-likeness (QED) is 0.879. The van der Waals surface area contributed by atoms with Crippen molar-refractivity contribution in [3.05, 3.63) is 22.8 Å². The highest BCUT2D eigenvalue weighted by molar-refractivity contribution is 9.10. The van der Waals surface area contributed by atoms with Gasteiger partial charge >= 0.3 is 0 Å². The Labute approximate surface area is 108 Å². The molecule has 1 aliphatic heterocycles. The molecule has 2 N–H and O–H groups in total. The number of anilines is 1. The minimum atomic E-state index is -0.0754. The first-order valence-electron chi connectivity index (χ1n) is 5.48. The number of nitrogens with zero attached hydrogens (tertiary/aromatic N) is 1. The van der Waals surface area contributed by atoms with Crippen molar-refractivity contribution in [2.45, 2.75) is 12.5 Å². The third-order valence-corrected chi connectivity index (χ3v) is 2.88. The maximum atomic E-state index is 11.7. The van der Waals surface area contributed by atoms with Crippen LogP contribution in [0, 0.1) is 0 Å². The fraction of sp³-hybridized carbons (Fsp3) is 0.455. The number of pyridine rings is 1. The summed E-state index contributed by atoms with van der Waals surface area (Å²) in [4.78, 5) is 15.8. The molecule has 1 fully saturated rings. The fourth-order valence-corrected chi connectivity index (χ4v) is 1.84. The lowest BCUT2D eigenvalue weighted by molar-refractivity contribution is -0.119. The molecule has 1 aromatic rings. The highest BCUT2D eigenvalue weighted by Gasteiger charge is 2.17. The molecule has 1 amide bonds. The molecule has 2 rings (SSSR count). The maximum absolute atomic E-state index is 11.7. The minimum Gasteiger partial charge on any atom is -0.375 e. The van der Waals surface area contributed by atoms with Crippen LogP contribution in [-0.4, -0.2) is 36.7 Å². The van der Waals surface area contributed by atoms with Crippen LogP contribution in [-0.2, 0) is 9.53 Å². The van der Waals surface area contributed by atoms with Crippen LogP contribution in [0.3, 0.4) is 0 Å². The molecule has 1 atom stereocenters. The highest BCUT2D eigenvalue weighted by atomic mass is 79.9. The number of hydrogen-bond donors (Lipinski definition) is 2. The normalized spacial score (nSPS) is 19.9. The van der Waals surface area contributed by atoms with Crippen molar-refractivity contribution in [1.29, 1.82) is 0 Å². The first kappa shape index (κ1) is 12.5. The second kappa shape index (κ2) is 6.09. The van der Waals surface area contributed by atoms with E-state index in [-0.39, 0.29) is 12.0 Å². The molecule has 0 aliphatic carbocycles. The molecule has 1 aliphatic rings. The van der Waals surface area contributed by atoms with Gasteiger partial charge in [0.1, 0.15) is 5.82 Å². The smallest absolute Gasteiger partial charge is 0.228 e. The van der Waals surface area contributed by atoms with Gasteiger partial charge in [-0.3, -0.25) is 4.79 Å². The monoisotopic (exact) mass is 299 g/mol. The molecular weight excluding hydrogens is 286 g/mol. The summed E-state index contributed by atoms with van der Waals surface area (Å²) in [5, 5.41) is 5.92. The van der Waals surface area contributed by atoms with Crippen molar-refractivity contribution in [3.63, 3.8) is 0 Å². The van der Waals surface area contributed by atoms with Crippen LogP contribution in [0.15, 0.2) is 22.8 Å². The molecular formula is C11H14BrN3O2. The van der Waals surface area contributed by atoms with Gasteiger partial charge in [0.25, 0.3) is 0 Å². The van der Waals surface area contributed by atoms with Crippen molar-refractivity contribution in [2.24, 2.45) is 0 Å². The molecule has 1 aromatic heterocycles. The van der Waals surface area contributed by atoms with Gasteiger partial charge in [0.2, 0.25) is 5.91 Å². The Morgan fingerprint density at radius 2 is 2.53 bits per heavy atom. The zero-order valence-corrected chi connectivity index (χ0v) is 10.9. The van der Waals surface area contributed by atoms with Crippen molar-refractivity contribution in [2.75, 3.05) is 25.0 Å². The van der Waals surface area contributed by atoms with Gasteiger partial charge in [-0.1, -0.05) is 0 Å². The molecule has 1 saturated heterocycles. The lowest BCUT2D eigenvalue weighted by Gasteiger charge is -2.22. The van der Waals surface area contributed by atoms with Crippen LogP contribution < -0.4 is 10.6 Å². The molecule has 0 radical (unpaired) electrons. The van der Waals surface area contributed by atoms with E-state index in [9.17, 15) is 4.79 Å². The third-order valence-electron chi connectivity index (χ3n) is 2.41. The number of halogens is 1. The van der Waals surface area contributed by atoms with Crippen molar-refractivity contribution in [3.8, 4) is 0 Å². The van der Waals surface area contributed by atoms with Crippen LogP contribution in [0.25, 0.3) is 0 Å². The summed E-state index contributed by atoms with van der Waals surface area (Å²) < 4.78 is 6.34. The summed E-state index contributed by atoms with van der Waals surface area (Å²) in [7, 11) is 0. The molecule has 6 heteroatoms. The standard InChI is InChI=1S/C11H14BrN3O2/c12-8-1-2-10(14-6-8)15-11(16)5-9-7-13-3-4-17-9/h1-2,6,9,13H,3-5,7H2,(H,14,15,16). The fourth-order valence-electron chi connectivity index (χ4n) is 1.60. The molecule has 0 spiro atoms. The van der Waals surface area contributed by atoms with Gasteiger partial charge in [-0.25, -0.2) is 4.98 Å². The maximum Gasteiger partial charge on any atom is 0.228 e. The van der Waals surface area contributed by atoms with E-state index in [1.165, 1.54) is 0 Å². The average Bonchev–Trinajstić information content (AvgIpc) is 2.33. The molecule has 92 valence electrons. The Balaban J connectivity index is 1.82. The van der Waals surface area contributed by atoms with E-state index in [1.54, 1.807) is 12.3 Å². The van der Waals surface area contributed by atoms with Crippen LogP contribution in [0.5, 0.6) is 0 Å². The summed E-state index contributed by atoms with van der Waals surface area (Å²) in [5.41, 5.74) is 0. The van der Waals surface area contributed by atoms with Gasteiger partial charge in [-0.2, -0.15) is 0 Å². The number of rotatable bonds is 3. The second-order valence-corrected chi connectivity index (χ2v) is 4.73. The molecule has 0 aromatic carbocycles. The Kier molecular flexibility index (Phi) is 4.47. The van der Waals surface area contributed by atoms with Gasteiger partial charge in [-0.05, 0) is 28.1 Å². The lowest BCUT2D eigenvalue weighted by atomic mass is 10.2. The van der Waals surface area contributed by atoms with E-state index < -0.39 is 0 Å². The van der Waals surface area contributed by atoms with Crippen molar-refractivity contribution >= 4 is 27.7 Å². The molecule has 5 nitrogen and oxygen atoms in total. The third kappa shape index (κ3) is 4.07. The number of aromatic nitrogens is 1. The summed E-state index contributed by atoms with van der Waals surface area (Å²) in [5.74, 6) is 0.482. The van der Waals surface area contributed by atoms with E-state index >= 15 is 0 Å². The van der Waals surface area contributed by atoms with E-state index in [2.05, 4.69) is 31.5 Å². The Hall–Kier alpha value is -0.980. The Morgan fingerprint density at radius 3 is 3.18 bits per heavy atom. The molecule has 1 unspecified atom stereocenters. The van der Waals surface area contributed by atoms with Gasteiger partial charge in [0.05, 0.1) is 19.1 Å². The van der Waals surface area contributed by atoms with Crippen molar-refractivity contribution < 1.29 is 9.53 Å². The van der Waals surface area contributed by atoms with Gasteiger partial charge in [-0.15, -0.1) is 0 Å². The number of carbonyl (C=O) groups excluding carboxylic acids is 1. The molecule has 0 saturated carbocycles. The Morgan fingerprint density at radius 1 is 1.65 bits per heavy atom. The molecule has 17 heavy (non-hydrogen) atoms. The van der Waals surface area contributed by atoms with Crippen LogP contribution >= 0.6 is 15.9 Å². The van der Waals surface area contributed by atoms with Crippen LogP contribution in [0.1, 0.15) is 6.42 Å². The van der Waals surface area contributed by atoms with E-state index in [0.717, 1.165) is 17.6 Å². The second-order valence-electron chi connectivity index (χ2n) is 3.81. The average molecular weight is 300 g/mol. The van der Waals surface area contributed by atoms with Crippen LogP contribution in [0.2, 0.25) is 0 Å². The van der Waals surface area contributed by atoms with Crippen molar-refractivity contribution in [1.82, 2.24) is 10.3 Å². The van der Waals surface area contributed by atoms with Gasteiger partial charge < -0.3 is 15.4 Å². The summed E-state index contributed by atoms with van der Waals surface area (Å²) >= 11 is 3.29. The van der Waals surface area contributed by atoms with E-state index in [0.29, 0.717) is 18.8 Å². The largest absolute Gasteiger partial charge is 0.375 e. The number of nitrogens with one attached hydrogen (secondary N) is 2. The first-order valence-corrected chi connectivity index (χ1v) is 6.27. The van der Waals surface area contributed by atoms with Gasteiger partial charge in [0, 0.05) is 23.8 Å². The number of carbonyl (C=O) groups is 1. The predicted octanol–water partition coefficient (Wildman–Crippen LogP) is 1.16. The topological polar surface area (TPSA) is 63.2 Å². The number of ether oxygens (including phenoxy) is 1. The zero-order chi connectivity index (χ0) is 12.1. The number of hydrogen-bond acceptors (Lipinski definition) is 4. The summed E-state index contributed by atoms with van der Waals surface area (Å²) in [6.45, 7) is 2.24. The summed E-state index contributed by atoms with van der Waals surface area (Å²) in [6.07, 6.45) is 1.96. The SMILES string of the molecule is O=C(CC1CNCCO1)Nc1ccc(Br)cn1. The zero-order valence-electron chi connectivity index (χ0n) is 9.28. The van der Waals surface area contributed by atoms with E-state index in [1.807, 2.05) is 6.07 Å². The predicted molar refractivity (Wildman–Crippen MR) is 67.8 cm³/mol. The van der Waals surface area contributed by atoms with Crippen LogP contribution in [0.4, 0.5) is 5.82 Å². The minimum absolute atomic E-state index is 0.0424. The Bertz CT molecular complexity index is 377. The lowest BCUT2D eigenvalue weighted by Crippen LogP contribution is -2.40. The molecule has 2 heterocycles. The first-order chi connectivity index (χ1) is 8.24. The van der Waals surface area contributed by atoms with Gasteiger partial charge in [0.15, 0.2) is 0 Å². The number of morpholine rings is 1. The van der Waals surface area contributed by atoms with E-state index in [4.69, 9.17) is 4.74 Å².